The standard InChI is InChI=1S/C18H14F2N2O5S/c1-8-13(16(23)25-2)14(15-11(22-8)6-26-17(15)24)10-5-9(21-7-28)3-4-12(10)27-18(19)20/h3-5,13-14,18H,6H2,1-2H3/t13?,14-/m1/s1. The van der Waals surface area contributed by atoms with E-state index in [1.807, 2.05) is 0 Å². The molecule has 0 aliphatic carbocycles. The number of halogens is 2. The Bertz CT molecular complexity index is 953. The largest absolute Gasteiger partial charge is 0.468 e. The van der Waals surface area contributed by atoms with Crippen molar-refractivity contribution in [3.05, 3.63) is 35.0 Å². The summed E-state index contributed by atoms with van der Waals surface area (Å²) in [6.45, 7) is -1.59. The van der Waals surface area contributed by atoms with Gasteiger partial charge in [0.05, 0.1) is 29.2 Å². The first-order valence-electron chi connectivity index (χ1n) is 8.07. The van der Waals surface area contributed by atoms with Crippen molar-refractivity contribution in [1.82, 2.24) is 0 Å². The van der Waals surface area contributed by atoms with Crippen LogP contribution >= 0.6 is 12.2 Å². The first kappa shape index (κ1) is 19.8. The third-order valence-electron chi connectivity index (χ3n) is 4.45. The Morgan fingerprint density at radius 2 is 2.21 bits per heavy atom. The number of hydrogen-bond acceptors (Lipinski definition) is 8. The molecule has 0 aromatic heterocycles. The Labute approximate surface area is 163 Å². The van der Waals surface area contributed by atoms with Crippen LogP contribution in [0.1, 0.15) is 18.4 Å². The molecule has 1 unspecified atom stereocenters. The topological polar surface area (TPSA) is 86.5 Å². The molecule has 0 radical (unpaired) electrons. The highest BCUT2D eigenvalue weighted by molar-refractivity contribution is 7.78. The molecule has 2 aliphatic rings. The first-order valence-corrected chi connectivity index (χ1v) is 8.48. The molecule has 2 atom stereocenters. The van der Waals surface area contributed by atoms with Crippen LogP contribution in [-0.4, -0.2) is 43.1 Å². The fraction of sp³-hybridized carbons (Fsp3) is 0.333. The van der Waals surface area contributed by atoms with Crippen LogP contribution in [0.2, 0.25) is 0 Å². The monoisotopic (exact) mass is 408 g/mol. The van der Waals surface area contributed by atoms with Gasteiger partial charge in [0.1, 0.15) is 18.3 Å². The van der Waals surface area contributed by atoms with Gasteiger partial charge in [0.25, 0.3) is 0 Å². The molecule has 7 nitrogen and oxygen atoms in total. The van der Waals surface area contributed by atoms with Crippen molar-refractivity contribution in [3.63, 3.8) is 0 Å². The van der Waals surface area contributed by atoms with Crippen molar-refractivity contribution in [2.24, 2.45) is 15.9 Å². The molecule has 0 N–H and O–H groups in total. The number of carbonyl (C=O) groups is 2. The number of carbonyl (C=O) groups excluding carboxylic acids is 2. The number of rotatable bonds is 5. The summed E-state index contributed by atoms with van der Waals surface area (Å²) >= 11 is 4.59. The molecule has 0 bridgehead atoms. The molecule has 3 rings (SSSR count). The van der Waals surface area contributed by atoms with E-state index in [-0.39, 0.29) is 23.5 Å². The first-order chi connectivity index (χ1) is 13.4. The summed E-state index contributed by atoms with van der Waals surface area (Å²) in [5.41, 5.74) is 1.23. The van der Waals surface area contributed by atoms with Gasteiger partial charge in [-0.05, 0) is 37.3 Å². The van der Waals surface area contributed by atoms with Crippen LogP contribution in [-0.2, 0) is 19.1 Å². The minimum absolute atomic E-state index is 0.0707. The molecule has 10 heteroatoms. The molecular weight excluding hydrogens is 394 g/mol. The number of esters is 2. The van der Waals surface area contributed by atoms with Crippen LogP contribution < -0.4 is 4.74 Å². The van der Waals surface area contributed by atoms with Crippen LogP contribution in [0.5, 0.6) is 5.75 Å². The van der Waals surface area contributed by atoms with Gasteiger partial charge in [-0.2, -0.15) is 13.8 Å². The van der Waals surface area contributed by atoms with Crippen molar-refractivity contribution < 1.29 is 32.6 Å². The zero-order chi connectivity index (χ0) is 20.4. The van der Waals surface area contributed by atoms with E-state index in [2.05, 4.69) is 32.1 Å². The number of hydrogen-bond donors (Lipinski definition) is 0. The molecule has 28 heavy (non-hydrogen) atoms. The summed E-state index contributed by atoms with van der Waals surface area (Å²) in [4.78, 5) is 33.0. The molecule has 0 saturated heterocycles. The molecule has 0 fully saturated rings. The smallest absolute Gasteiger partial charge is 0.387 e. The molecule has 0 spiro atoms. The zero-order valence-corrected chi connectivity index (χ0v) is 15.6. The second kappa shape index (κ2) is 7.95. The average molecular weight is 408 g/mol. The van der Waals surface area contributed by atoms with Crippen molar-refractivity contribution in [3.8, 4) is 5.75 Å². The lowest BCUT2D eigenvalue weighted by Crippen LogP contribution is -2.35. The van der Waals surface area contributed by atoms with Crippen molar-refractivity contribution in [1.29, 1.82) is 0 Å². The number of ether oxygens (including phenoxy) is 3. The van der Waals surface area contributed by atoms with E-state index in [0.717, 1.165) is 0 Å². The lowest BCUT2D eigenvalue weighted by molar-refractivity contribution is -0.143. The van der Waals surface area contributed by atoms with E-state index < -0.39 is 30.4 Å². The second-order valence-corrected chi connectivity index (χ2v) is 6.15. The molecule has 2 aliphatic heterocycles. The van der Waals surface area contributed by atoms with Gasteiger partial charge < -0.3 is 14.2 Å². The average Bonchev–Trinajstić information content (AvgIpc) is 3.01. The summed E-state index contributed by atoms with van der Waals surface area (Å²) in [6.07, 6.45) is 0. The van der Waals surface area contributed by atoms with Gasteiger partial charge in [-0.25, -0.2) is 4.79 Å². The summed E-state index contributed by atoms with van der Waals surface area (Å²) in [6, 6.07) is 4.08. The third-order valence-corrected chi connectivity index (χ3v) is 4.54. The molecule has 1 aromatic carbocycles. The van der Waals surface area contributed by atoms with Gasteiger partial charge in [-0.1, -0.05) is 0 Å². The minimum atomic E-state index is -3.11. The second-order valence-electron chi connectivity index (χ2n) is 5.97. The van der Waals surface area contributed by atoms with Crippen LogP contribution in [0.4, 0.5) is 14.5 Å². The number of isothiocyanates is 1. The predicted octanol–water partition coefficient (Wildman–Crippen LogP) is 3.18. The maximum atomic E-state index is 13.0. The lowest BCUT2D eigenvalue weighted by atomic mass is 9.75. The van der Waals surface area contributed by atoms with E-state index in [1.165, 1.54) is 25.3 Å². The van der Waals surface area contributed by atoms with Gasteiger partial charge in [0.15, 0.2) is 0 Å². The van der Waals surface area contributed by atoms with Crippen LogP contribution in [0.15, 0.2) is 39.5 Å². The van der Waals surface area contributed by atoms with Crippen molar-refractivity contribution >= 4 is 40.7 Å². The van der Waals surface area contributed by atoms with Crippen molar-refractivity contribution in [2.45, 2.75) is 19.5 Å². The Morgan fingerprint density at radius 1 is 1.46 bits per heavy atom. The number of benzene rings is 1. The SMILES string of the molecule is COC(=O)C1C(C)=NC2=C(C(=O)OC2)[C@@H]1c1cc(N=C=S)ccc1OC(F)F. The molecule has 0 amide bonds. The van der Waals surface area contributed by atoms with Crippen molar-refractivity contribution in [2.75, 3.05) is 13.7 Å². The Morgan fingerprint density at radius 3 is 2.86 bits per heavy atom. The predicted molar refractivity (Wildman–Crippen MR) is 97.1 cm³/mol. The Kier molecular flexibility index (Phi) is 5.62. The number of methoxy groups -OCH3 is 1. The van der Waals surface area contributed by atoms with E-state index >= 15 is 0 Å². The Hall–Kier alpha value is -2.97. The third kappa shape index (κ3) is 3.56. The van der Waals surface area contributed by atoms with Gasteiger partial charge in [0.2, 0.25) is 0 Å². The van der Waals surface area contributed by atoms with Crippen LogP contribution in [0, 0.1) is 5.92 Å². The van der Waals surface area contributed by atoms with Gasteiger partial charge >= 0.3 is 18.6 Å². The van der Waals surface area contributed by atoms with Gasteiger partial charge in [-0.3, -0.25) is 9.79 Å². The number of nitrogens with zero attached hydrogens (tertiary/aromatic N) is 2. The number of cyclic esters (lactones) is 1. The van der Waals surface area contributed by atoms with Gasteiger partial charge in [0, 0.05) is 17.2 Å². The lowest BCUT2D eigenvalue weighted by Gasteiger charge is -2.30. The Balaban J connectivity index is 2.25. The van der Waals surface area contributed by atoms with Gasteiger partial charge in [-0.15, -0.1) is 0 Å². The molecule has 146 valence electrons. The molecule has 0 saturated carbocycles. The van der Waals surface area contributed by atoms with Crippen LogP contribution in [0.3, 0.4) is 0 Å². The number of aliphatic imine (C=N–C) groups is 2. The maximum absolute atomic E-state index is 13.0. The fourth-order valence-electron chi connectivity index (χ4n) is 3.37. The van der Waals surface area contributed by atoms with E-state index in [4.69, 9.17) is 9.47 Å². The molecule has 2 heterocycles. The molecule has 1 aromatic rings. The highest BCUT2D eigenvalue weighted by Crippen LogP contribution is 2.46. The fourth-order valence-corrected chi connectivity index (χ4v) is 3.48. The van der Waals surface area contributed by atoms with E-state index in [1.54, 1.807) is 6.92 Å². The normalized spacial score (nSPS) is 20.9. The summed E-state index contributed by atoms with van der Waals surface area (Å²) in [5.74, 6) is -3.59. The van der Waals surface area contributed by atoms with E-state index in [0.29, 0.717) is 17.1 Å². The highest BCUT2D eigenvalue weighted by atomic mass is 32.1. The number of thiocarbonyl (C=S) groups is 1. The summed E-state index contributed by atoms with van der Waals surface area (Å²) in [7, 11) is 1.19. The maximum Gasteiger partial charge on any atom is 0.387 e. The zero-order valence-electron chi connectivity index (χ0n) is 14.8. The minimum Gasteiger partial charge on any atom is -0.468 e. The number of alkyl halides is 2. The van der Waals surface area contributed by atoms with Crippen LogP contribution in [0.25, 0.3) is 0 Å². The quantitative estimate of drug-likeness (QED) is 0.423. The summed E-state index contributed by atoms with van der Waals surface area (Å²) in [5, 5.41) is 2.18. The highest BCUT2D eigenvalue weighted by Gasteiger charge is 2.46. The summed E-state index contributed by atoms with van der Waals surface area (Å²) < 4.78 is 40.5. The van der Waals surface area contributed by atoms with E-state index in [9.17, 15) is 18.4 Å². The molecular formula is C18H14F2N2O5S.